The lowest BCUT2D eigenvalue weighted by Crippen LogP contribution is -2.52. The van der Waals surface area contributed by atoms with E-state index < -0.39 is 12.0 Å². The summed E-state index contributed by atoms with van der Waals surface area (Å²) in [4.78, 5) is 27.7. The number of carboxylic acids is 1. The Labute approximate surface area is 249 Å². The second-order valence-electron chi connectivity index (χ2n) is 11.5. The highest BCUT2D eigenvalue weighted by Gasteiger charge is 2.32. The summed E-state index contributed by atoms with van der Waals surface area (Å²) in [5.74, 6) is -0.0241. The molecule has 1 aliphatic heterocycles. The maximum atomic E-state index is 13.4. The molecule has 41 heavy (non-hydrogen) atoms. The molecule has 7 nitrogen and oxygen atoms in total. The number of carbonyl (C=O) groups is 2. The van der Waals surface area contributed by atoms with Crippen LogP contribution >= 0.6 is 11.8 Å². The van der Waals surface area contributed by atoms with E-state index in [1.807, 2.05) is 49.6 Å². The van der Waals surface area contributed by atoms with Gasteiger partial charge in [-0.1, -0.05) is 49.6 Å². The number of hydrogen-bond acceptors (Lipinski definition) is 6. The lowest BCUT2D eigenvalue weighted by molar-refractivity contribution is -0.139. The predicted octanol–water partition coefficient (Wildman–Crippen LogP) is 5.78. The second-order valence-corrected chi connectivity index (χ2v) is 12.5. The summed E-state index contributed by atoms with van der Waals surface area (Å²) < 4.78 is 12.2. The molecule has 2 aliphatic rings. The minimum Gasteiger partial charge on any atom is -0.480 e. The largest absolute Gasteiger partial charge is 0.480 e. The van der Waals surface area contributed by atoms with Crippen LogP contribution in [0.5, 0.6) is 0 Å². The zero-order valence-electron chi connectivity index (χ0n) is 24.8. The highest BCUT2D eigenvalue weighted by Crippen LogP contribution is 2.31. The summed E-state index contributed by atoms with van der Waals surface area (Å²) >= 11 is 1.56. The summed E-state index contributed by atoms with van der Waals surface area (Å²) in [6, 6.07) is 13.2. The second kappa shape index (κ2) is 15.7. The Morgan fingerprint density at radius 2 is 1.93 bits per heavy atom. The topological polar surface area (TPSA) is 88.1 Å². The molecule has 8 heteroatoms. The van der Waals surface area contributed by atoms with Crippen LogP contribution in [0.15, 0.2) is 42.5 Å². The summed E-state index contributed by atoms with van der Waals surface area (Å²) in [5, 5.41) is 12.4. The molecular formula is C33H46N2O5S. The highest BCUT2D eigenvalue weighted by molar-refractivity contribution is 7.98. The fourth-order valence-electron chi connectivity index (χ4n) is 6.16. The van der Waals surface area contributed by atoms with Gasteiger partial charge in [-0.15, -0.1) is 0 Å². The number of carboxylic acid groups (broad SMARTS) is 1. The van der Waals surface area contributed by atoms with Crippen LogP contribution < -0.4 is 5.32 Å². The number of aliphatic carboxylic acids is 1. The van der Waals surface area contributed by atoms with Crippen molar-refractivity contribution >= 4 is 23.6 Å². The van der Waals surface area contributed by atoms with Crippen LogP contribution in [0.25, 0.3) is 11.1 Å². The fourth-order valence-corrected chi connectivity index (χ4v) is 6.64. The third kappa shape index (κ3) is 8.80. The first-order chi connectivity index (χ1) is 19.9. The van der Waals surface area contributed by atoms with Crippen molar-refractivity contribution in [3.05, 3.63) is 59.2 Å². The van der Waals surface area contributed by atoms with Crippen molar-refractivity contribution in [1.82, 2.24) is 10.2 Å². The average Bonchev–Trinajstić information content (AvgIpc) is 2.99. The van der Waals surface area contributed by atoms with Crippen LogP contribution in [-0.2, 0) is 20.9 Å². The number of thioether (sulfide) groups is 1. The maximum absolute atomic E-state index is 13.4. The van der Waals surface area contributed by atoms with E-state index >= 15 is 0 Å². The number of benzene rings is 2. The lowest BCUT2D eigenvalue weighted by Gasteiger charge is -2.42. The minimum atomic E-state index is -1.02. The van der Waals surface area contributed by atoms with E-state index in [0.29, 0.717) is 36.3 Å². The van der Waals surface area contributed by atoms with Crippen molar-refractivity contribution < 1.29 is 24.2 Å². The molecule has 3 atom stereocenters. The summed E-state index contributed by atoms with van der Waals surface area (Å²) in [5.41, 5.74) is 4.23. The Balaban J connectivity index is 1.46. The number of amides is 1. The van der Waals surface area contributed by atoms with E-state index in [-0.39, 0.29) is 12.0 Å². The van der Waals surface area contributed by atoms with Crippen LogP contribution in [0.1, 0.15) is 66.9 Å². The van der Waals surface area contributed by atoms with Crippen LogP contribution in [0.2, 0.25) is 0 Å². The number of ether oxygens (including phenoxy) is 2. The first-order valence-corrected chi connectivity index (χ1v) is 16.4. The molecule has 0 aromatic heterocycles. The number of nitrogens with zero attached hydrogens (tertiary/aromatic N) is 1. The van der Waals surface area contributed by atoms with Gasteiger partial charge in [0.2, 0.25) is 0 Å². The lowest BCUT2D eigenvalue weighted by atomic mass is 9.83. The van der Waals surface area contributed by atoms with Gasteiger partial charge in [0.15, 0.2) is 0 Å². The Kier molecular flexibility index (Phi) is 12.1. The van der Waals surface area contributed by atoms with Crippen molar-refractivity contribution in [2.45, 2.75) is 77.2 Å². The first-order valence-electron chi connectivity index (χ1n) is 15.0. The Hall–Kier alpha value is -2.39. The molecule has 2 unspecified atom stereocenters. The number of nitrogens with one attached hydrogen (secondary N) is 1. The molecule has 2 fully saturated rings. The van der Waals surface area contributed by atoms with Gasteiger partial charge in [-0.25, -0.2) is 4.79 Å². The predicted molar refractivity (Wildman–Crippen MR) is 166 cm³/mol. The van der Waals surface area contributed by atoms with E-state index in [2.05, 4.69) is 17.1 Å². The van der Waals surface area contributed by atoms with Gasteiger partial charge >= 0.3 is 5.97 Å². The van der Waals surface area contributed by atoms with Crippen molar-refractivity contribution in [3.8, 4) is 11.1 Å². The number of rotatable bonds is 13. The maximum Gasteiger partial charge on any atom is 0.326 e. The first kappa shape index (κ1) is 31.5. The highest BCUT2D eigenvalue weighted by atomic mass is 32.2. The molecule has 4 rings (SSSR count). The van der Waals surface area contributed by atoms with E-state index in [1.54, 1.807) is 17.8 Å². The summed E-state index contributed by atoms with van der Waals surface area (Å²) in [6.07, 6.45) is 8.95. The standard InChI is InChI=1S/C33H46N2O5S/c1-23-9-7-8-12-27(23)29-19-25(13-14-28(29)32(36)34-30(33(37)38)15-18-41-3)21-40-24(2)20-35-16-17-39-22-31(35)26-10-5-4-6-11-26/h7-9,12-14,19,24,26,30-31H,4-6,10-11,15-18,20-22H2,1-3H3,(H,34,36)(H,37,38)/t24?,30-,31?/m0/s1. The number of carbonyl (C=O) groups excluding carboxylic acids is 1. The molecule has 1 aliphatic carbocycles. The molecule has 224 valence electrons. The molecule has 2 N–H and O–H groups in total. The SMILES string of the molecule is CSCC[C@H](NC(=O)c1ccc(COC(C)CN2CCOCC2C2CCCCC2)cc1-c1ccccc1C)C(=O)O. The zero-order valence-corrected chi connectivity index (χ0v) is 25.6. The Morgan fingerprint density at radius 1 is 1.15 bits per heavy atom. The molecule has 0 bridgehead atoms. The van der Waals surface area contributed by atoms with Crippen molar-refractivity contribution in [2.75, 3.05) is 38.3 Å². The van der Waals surface area contributed by atoms with Gasteiger partial charge in [0, 0.05) is 24.7 Å². The molecule has 0 spiro atoms. The van der Waals surface area contributed by atoms with Gasteiger partial charge in [0.05, 0.1) is 25.9 Å². The van der Waals surface area contributed by atoms with Crippen LogP contribution in [0, 0.1) is 12.8 Å². The molecule has 1 heterocycles. The quantitative estimate of drug-likeness (QED) is 0.309. The summed E-state index contributed by atoms with van der Waals surface area (Å²) in [7, 11) is 0. The van der Waals surface area contributed by atoms with Gasteiger partial charge in [-0.2, -0.15) is 11.8 Å². The van der Waals surface area contributed by atoms with Gasteiger partial charge < -0.3 is 19.9 Å². The molecule has 2 aromatic carbocycles. The van der Waals surface area contributed by atoms with Gasteiger partial charge in [-0.3, -0.25) is 9.69 Å². The Bertz CT molecular complexity index is 1150. The van der Waals surface area contributed by atoms with Crippen LogP contribution in [0.3, 0.4) is 0 Å². The van der Waals surface area contributed by atoms with Gasteiger partial charge in [-0.05, 0) is 85.4 Å². The molecular weight excluding hydrogens is 536 g/mol. The molecule has 2 aromatic rings. The van der Waals surface area contributed by atoms with Crippen molar-refractivity contribution in [1.29, 1.82) is 0 Å². The van der Waals surface area contributed by atoms with Crippen LogP contribution in [0.4, 0.5) is 0 Å². The number of aryl methyl sites for hydroxylation is 1. The number of morpholine rings is 1. The Morgan fingerprint density at radius 3 is 2.66 bits per heavy atom. The molecule has 1 saturated carbocycles. The average molecular weight is 583 g/mol. The third-order valence-corrected chi connectivity index (χ3v) is 9.12. The van der Waals surface area contributed by atoms with E-state index in [0.717, 1.165) is 48.6 Å². The van der Waals surface area contributed by atoms with E-state index in [4.69, 9.17) is 9.47 Å². The molecule has 1 amide bonds. The molecule has 1 saturated heterocycles. The molecule has 0 radical (unpaired) electrons. The van der Waals surface area contributed by atoms with E-state index in [1.165, 1.54) is 32.1 Å². The minimum absolute atomic E-state index is 0.0526. The zero-order chi connectivity index (χ0) is 29.2. The van der Waals surface area contributed by atoms with E-state index in [9.17, 15) is 14.7 Å². The third-order valence-electron chi connectivity index (χ3n) is 8.48. The normalized spacial score (nSPS) is 19.9. The smallest absolute Gasteiger partial charge is 0.326 e. The van der Waals surface area contributed by atoms with Crippen LogP contribution in [-0.4, -0.2) is 78.4 Å². The van der Waals surface area contributed by atoms with Gasteiger partial charge in [0.25, 0.3) is 5.91 Å². The van der Waals surface area contributed by atoms with Crippen molar-refractivity contribution in [3.63, 3.8) is 0 Å². The fraction of sp³-hybridized carbons (Fsp3) is 0.576. The summed E-state index contributed by atoms with van der Waals surface area (Å²) in [6.45, 7) is 8.02. The van der Waals surface area contributed by atoms with Gasteiger partial charge in [0.1, 0.15) is 6.04 Å². The monoisotopic (exact) mass is 582 g/mol. The number of hydrogen-bond donors (Lipinski definition) is 2. The van der Waals surface area contributed by atoms with Crippen molar-refractivity contribution in [2.24, 2.45) is 5.92 Å².